The number of nitrogens with one attached hydrogen (secondary N) is 1. The third-order valence-electron chi connectivity index (χ3n) is 6.29. The maximum atomic E-state index is 13.3. The first-order valence-electron chi connectivity index (χ1n) is 11.4. The van der Waals surface area contributed by atoms with Crippen LogP contribution in [0.3, 0.4) is 0 Å². The molecule has 1 aliphatic heterocycles. The Morgan fingerprint density at radius 2 is 1.91 bits per heavy atom. The van der Waals surface area contributed by atoms with Gasteiger partial charge in [-0.1, -0.05) is 12.1 Å². The molecule has 0 bridgehead atoms. The molecule has 0 saturated carbocycles. The third kappa shape index (κ3) is 4.87. The molecule has 182 valence electrons. The Balaban J connectivity index is 1.59. The summed E-state index contributed by atoms with van der Waals surface area (Å²) in [4.78, 5) is 23.7. The van der Waals surface area contributed by atoms with Crippen LogP contribution in [0.15, 0.2) is 24.3 Å². The van der Waals surface area contributed by atoms with E-state index in [0.29, 0.717) is 47.8 Å². The van der Waals surface area contributed by atoms with Crippen LogP contribution < -0.4 is 14.8 Å². The van der Waals surface area contributed by atoms with E-state index in [1.54, 1.807) is 14.2 Å². The molecule has 0 unspecified atom stereocenters. The Kier molecular flexibility index (Phi) is 7.65. The number of fused-ring (bicyclic) bond motifs is 1. The van der Waals surface area contributed by atoms with Crippen molar-refractivity contribution < 1.29 is 23.7 Å². The standard InChI is InChI=1S/C25H31N3O5S/c1-5-33-18-8-6-17(7-9-18)25(10-12-32-13-11-25)15-26-22(29)21-16(2)20-23(31-4)27-19(14-30-3)28-24(20)34-21/h6-9H,5,10-15H2,1-4H3,(H,26,29). The summed E-state index contributed by atoms with van der Waals surface area (Å²) in [7, 11) is 3.16. The van der Waals surface area contributed by atoms with E-state index in [2.05, 4.69) is 27.4 Å². The number of rotatable bonds is 9. The Morgan fingerprint density at radius 3 is 2.56 bits per heavy atom. The number of aromatic nitrogens is 2. The fourth-order valence-electron chi connectivity index (χ4n) is 4.43. The van der Waals surface area contributed by atoms with E-state index in [4.69, 9.17) is 18.9 Å². The molecule has 8 nitrogen and oxygen atoms in total. The highest BCUT2D eigenvalue weighted by Crippen LogP contribution is 2.37. The highest BCUT2D eigenvalue weighted by molar-refractivity contribution is 7.20. The van der Waals surface area contributed by atoms with Gasteiger partial charge in [-0.15, -0.1) is 11.3 Å². The molecule has 3 heterocycles. The van der Waals surface area contributed by atoms with Crippen molar-refractivity contribution in [2.24, 2.45) is 0 Å². The molecule has 1 N–H and O–H groups in total. The molecule has 3 aromatic rings. The molecule has 1 amide bonds. The van der Waals surface area contributed by atoms with Crippen molar-refractivity contribution in [3.63, 3.8) is 0 Å². The molecule has 0 aliphatic carbocycles. The highest BCUT2D eigenvalue weighted by atomic mass is 32.1. The van der Waals surface area contributed by atoms with E-state index in [0.717, 1.165) is 29.5 Å². The average molecular weight is 486 g/mol. The molecule has 9 heteroatoms. The van der Waals surface area contributed by atoms with Crippen molar-refractivity contribution in [1.82, 2.24) is 15.3 Å². The number of hydrogen-bond donors (Lipinski definition) is 1. The predicted octanol–water partition coefficient (Wildman–Crippen LogP) is 4.03. The molecular formula is C25H31N3O5S. The van der Waals surface area contributed by atoms with E-state index in [1.165, 1.54) is 16.9 Å². The van der Waals surface area contributed by atoms with Gasteiger partial charge in [0.2, 0.25) is 5.88 Å². The lowest BCUT2D eigenvalue weighted by atomic mass is 9.74. The Hall–Kier alpha value is -2.75. The lowest BCUT2D eigenvalue weighted by molar-refractivity contribution is 0.0487. The maximum absolute atomic E-state index is 13.3. The SMILES string of the molecule is CCOc1ccc(C2(CNC(=O)c3sc4nc(COC)nc(OC)c4c3C)CCOCC2)cc1. The van der Waals surface area contributed by atoms with Crippen LogP contribution in [-0.4, -0.2) is 56.5 Å². The quantitative estimate of drug-likeness (QED) is 0.489. The summed E-state index contributed by atoms with van der Waals surface area (Å²) in [6.45, 7) is 6.64. The zero-order valence-corrected chi connectivity index (χ0v) is 20.9. The molecule has 1 aliphatic rings. The van der Waals surface area contributed by atoms with Gasteiger partial charge in [0, 0.05) is 32.3 Å². The average Bonchev–Trinajstić information content (AvgIpc) is 3.20. The predicted molar refractivity (Wildman–Crippen MR) is 131 cm³/mol. The zero-order valence-electron chi connectivity index (χ0n) is 20.1. The minimum absolute atomic E-state index is 0.118. The molecule has 0 atom stereocenters. The number of amides is 1. The number of ether oxygens (including phenoxy) is 4. The maximum Gasteiger partial charge on any atom is 0.261 e. The van der Waals surface area contributed by atoms with Crippen LogP contribution in [0.1, 0.15) is 46.4 Å². The molecule has 4 rings (SSSR count). The van der Waals surface area contributed by atoms with Crippen molar-refractivity contribution in [3.8, 4) is 11.6 Å². The van der Waals surface area contributed by atoms with Crippen molar-refractivity contribution >= 4 is 27.5 Å². The van der Waals surface area contributed by atoms with E-state index in [9.17, 15) is 4.79 Å². The van der Waals surface area contributed by atoms with Gasteiger partial charge in [-0.05, 0) is 49.9 Å². The third-order valence-corrected chi connectivity index (χ3v) is 7.48. The van der Waals surface area contributed by atoms with Gasteiger partial charge in [-0.2, -0.15) is 4.98 Å². The van der Waals surface area contributed by atoms with Crippen LogP contribution in [0.2, 0.25) is 0 Å². The lowest BCUT2D eigenvalue weighted by Gasteiger charge is -2.38. The van der Waals surface area contributed by atoms with Crippen molar-refractivity contribution in [3.05, 3.63) is 46.1 Å². The van der Waals surface area contributed by atoms with Gasteiger partial charge in [0.05, 0.1) is 24.0 Å². The first-order valence-corrected chi connectivity index (χ1v) is 12.2. The molecule has 2 aromatic heterocycles. The monoisotopic (exact) mass is 485 g/mol. The normalized spacial score (nSPS) is 15.3. The van der Waals surface area contributed by atoms with Crippen LogP contribution in [0, 0.1) is 6.92 Å². The van der Waals surface area contributed by atoms with Gasteiger partial charge in [0.1, 0.15) is 17.2 Å². The second-order valence-corrected chi connectivity index (χ2v) is 9.35. The van der Waals surface area contributed by atoms with E-state index >= 15 is 0 Å². The summed E-state index contributed by atoms with van der Waals surface area (Å²) in [5.74, 6) is 1.71. The number of hydrogen-bond acceptors (Lipinski definition) is 8. The van der Waals surface area contributed by atoms with E-state index in [1.807, 2.05) is 26.0 Å². The van der Waals surface area contributed by atoms with Crippen molar-refractivity contribution in [2.45, 2.75) is 38.7 Å². The molecular weight excluding hydrogens is 454 g/mol. The van der Waals surface area contributed by atoms with Gasteiger partial charge >= 0.3 is 0 Å². The first kappa shape index (κ1) is 24.4. The molecule has 1 saturated heterocycles. The van der Waals surface area contributed by atoms with Crippen LogP contribution in [-0.2, 0) is 21.5 Å². The lowest BCUT2D eigenvalue weighted by Crippen LogP contribution is -2.44. The smallest absolute Gasteiger partial charge is 0.261 e. The molecule has 0 radical (unpaired) electrons. The number of carbonyl (C=O) groups excluding carboxylic acids is 1. The van der Waals surface area contributed by atoms with E-state index in [-0.39, 0.29) is 17.9 Å². The van der Waals surface area contributed by atoms with Gasteiger partial charge in [-0.3, -0.25) is 4.79 Å². The topological polar surface area (TPSA) is 91.8 Å². The van der Waals surface area contributed by atoms with Crippen molar-refractivity contribution in [2.75, 3.05) is 40.6 Å². The summed E-state index contributed by atoms with van der Waals surface area (Å²) in [6, 6.07) is 8.20. The van der Waals surface area contributed by atoms with Crippen LogP contribution in [0.4, 0.5) is 0 Å². The fraction of sp³-hybridized carbons (Fsp3) is 0.480. The summed E-state index contributed by atoms with van der Waals surface area (Å²) in [6.07, 6.45) is 1.68. The Labute approximate surface area is 203 Å². The summed E-state index contributed by atoms with van der Waals surface area (Å²) in [5.41, 5.74) is 1.82. The summed E-state index contributed by atoms with van der Waals surface area (Å²) >= 11 is 1.35. The largest absolute Gasteiger partial charge is 0.494 e. The second kappa shape index (κ2) is 10.7. The molecule has 1 aromatic carbocycles. The van der Waals surface area contributed by atoms with Crippen LogP contribution >= 0.6 is 11.3 Å². The number of carbonyl (C=O) groups is 1. The van der Waals surface area contributed by atoms with Crippen LogP contribution in [0.25, 0.3) is 10.2 Å². The number of nitrogens with zero attached hydrogens (tertiary/aromatic N) is 2. The minimum Gasteiger partial charge on any atom is -0.494 e. The number of aryl methyl sites for hydroxylation is 1. The number of benzene rings is 1. The Bertz CT molecular complexity index is 1140. The fourth-order valence-corrected chi connectivity index (χ4v) is 5.54. The molecule has 1 fully saturated rings. The molecule has 34 heavy (non-hydrogen) atoms. The number of methoxy groups -OCH3 is 2. The first-order chi connectivity index (χ1) is 16.5. The number of thiophene rings is 1. The van der Waals surface area contributed by atoms with Gasteiger partial charge in [0.15, 0.2) is 5.82 Å². The summed E-state index contributed by atoms with van der Waals surface area (Å²) in [5, 5.41) is 3.97. The van der Waals surface area contributed by atoms with Crippen molar-refractivity contribution in [1.29, 1.82) is 0 Å². The van der Waals surface area contributed by atoms with E-state index < -0.39 is 0 Å². The Morgan fingerprint density at radius 1 is 1.18 bits per heavy atom. The second-order valence-electron chi connectivity index (χ2n) is 8.35. The minimum atomic E-state index is -0.188. The van der Waals surface area contributed by atoms with Gasteiger partial charge in [0.25, 0.3) is 5.91 Å². The highest BCUT2D eigenvalue weighted by Gasteiger charge is 2.35. The molecule has 0 spiro atoms. The summed E-state index contributed by atoms with van der Waals surface area (Å²) < 4.78 is 21.9. The van der Waals surface area contributed by atoms with Crippen LogP contribution in [0.5, 0.6) is 11.6 Å². The van der Waals surface area contributed by atoms with Gasteiger partial charge < -0.3 is 24.3 Å². The van der Waals surface area contributed by atoms with Gasteiger partial charge in [-0.25, -0.2) is 4.98 Å². The zero-order chi connectivity index (χ0) is 24.1.